The second-order valence-corrected chi connectivity index (χ2v) is 5.94. The minimum atomic E-state index is -0.931. The third-order valence-electron chi connectivity index (χ3n) is 3.98. The Hall–Kier alpha value is -3.22. The highest BCUT2D eigenvalue weighted by atomic mass is 16.5. The molecule has 1 N–H and O–H groups in total. The Balaban J connectivity index is 1.65. The van der Waals surface area contributed by atoms with Crippen LogP contribution < -0.4 is 5.32 Å². The van der Waals surface area contributed by atoms with Crippen LogP contribution in [0.15, 0.2) is 41.0 Å². The number of carbonyl (C=O) groups excluding carboxylic acids is 2. The molecule has 1 aromatic carbocycles. The number of fused-ring (bicyclic) bond motifs is 1. The van der Waals surface area contributed by atoms with E-state index in [4.69, 9.17) is 9.15 Å². The van der Waals surface area contributed by atoms with E-state index in [-0.39, 0.29) is 6.54 Å². The quantitative estimate of drug-likeness (QED) is 0.709. The summed E-state index contributed by atoms with van der Waals surface area (Å²) in [4.78, 5) is 33.2. The lowest BCUT2D eigenvalue weighted by Crippen LogP contribution is -2.35. The molecule has 0 radical (unpaired) electrons. The number of furan rings is 1. The number of carbonyl (C=O) groups is 2. The van der Waals surface area contributed by atoms with Crippen LogP contribution in [0.3, 0.4) is 0 Å². The summed E-state index contributed by atoms with van der Waals surface area (Å²) in [5, 5.41) is 2.65. The number of aromatic nitrogens is 2. The molecule has 1 unspecified atom stereocenters. The minimum absolute atomic E-state index is 0.234. The number of nitrogens with one attached hydrogen (secondary N) is 1. The Morgan fingerprint density at radius 1 is 1.15 bits per heavy atom. The van der Waals surface area contributed by atoms with Crippen LogP contribution in [-0.2, 0) is 16.1 Å². The van der Waals surface area contributed by atoms with Gasteiger partial charge in [0.1, 0.15) is 5.76 Å². The first-order chi connectivity index (χ1) is 12.4. The number of rotatable bonds is 5. The average molecular weight is 353 g/mol. The third kappa shape index (κ3) is 3.88. The molecule has 0 aliphatic carbocycles. The molecule has 1 atom stereocenters. The van der Waals surface area contributed by atoms with Crippen molar-refractivity contribution in [2.75, 3.05) is 0 Å². The molecule has 2 aromatic heterocycles. The van der Waals surface area contributed by atoms with Crippen molar-refractivity contribution in [2.45, 2.75) is 33.4 Å². The summed E-state index contributed by atoms with van der Waals surface area (Å²) in [6, 6.07) is 8.42. The van der Waals surface area contributed by atoms with Gasteiger partial charge in [-0.05, 0) is 51.1 Å². The predicted octanol–water partition coefficient (Wildman–Crippen LogP) is 2.70. The van der Waals surface area contributed by atoms with E-state index >= 15 is 0 Å². The van der Waals surface area contributed by atoms with Gasteiger partial charge < -0.3 is 14.5 Å². The Morgan fingerprint density at radius 3 is 2.58 bits per heavy atom. The number of hydrogen-bond donors (Lipinski definition) is 1. The summed E-state index contributed by atoms with van der Waals surface area (Å²) >= 11 is 0. The lowest BCUT2D eigenvalue weighted by atomic mass is 10.2. The zero-order chi connectivity index (χ0) is 18.7. The second-order valence-electron chi connectivity index (χ2n) is 5.94. The third-order valence-corrected chi connectivity index (χ3v) is 3.98. The standard InChI is InChI=1S/C19H19N3O4/c1-11-12(2)22-17-9-14(6-7-16(17)21-11)19(24)26-13(3)18(23)20-10-15-5-4-8-25-15/h4-9,13H,10H2,1-3H3,(H,20,23). The van der Waals surface area contributed by atoms with Crippen LogP contribution in [0.25, 0.3) is 11.0 Å². The van der Waals surface area contributed by atoms with Crippen LogP contribution in [0, 0.1) is 13.8 Å². The summed E-state index contributed by atoms with van der Waals surface area (Å²) in [5.41, 5.74) is 3.27. The normalized spacial score (nSPS) is 12.0. The van der Waals surface area contributed by atoms with Crippen LogP contribution >= 0.6 is 0 Å². The smallest absolute Gasteiger partial charge is 0.338 e. The Bertz CT molecular complexity index is 951. The first kappa shape index (κ1) is 17.6. The van der Waals surface area contributed by atoms with Gasteiger partial charge in [-0.15, -0.1) is 0 Å². The van der Waals surface area contributed by atoms with E-state index in [9.17, 15) is 9.59 Å². The van der Waals surface area contributed by atoms with Crippen LogP contribution in [-0.4, -0.2) is 27.9 Å². The molecule has 0 fully saturated rings. The number of nitrogens with zero attached hydrogens (tertiary/aromatic N) is 2. The lowest BCUT2D eigenvalue weighted by molar-refractivity contribution is -0.129. The van der Waals surface area contributed by atoms with E-state index in [0.29, 0.717) is 22.4 Å². The molecule has 0 bridgehead atoms. The van der Waals surface area contributed by atoms with E-state index in [0.717, 1.165) is 11.4 Å². The second kappa shape index (κ2) is 7.35. The number of aryl methyl sites for hydroxylation is 2. The maximum atomic E-state index is 12.3. The van der Waals surface area contributed by atoms with Gasteiger partial charge in [-0.3, -0.25) is 4.79 Å². The molecule has 3 aromatic rings. The van der Waals surface area contributed by atoms with Gasteiger partial charge in [-0.1, -0.05) is 0 Å². The number of ether oxygens (including phenoxy) is 1. The highest BCUT2D eigenvalue weighted by molar-refractivity contribution is 5.95. The van der Waals surface area contributed by atoms with Crippen molar-refractivity contribution in [1.82, 2.24) is 15.3 Å². The van der Waals surface area contributed by atoms with Crippen molar-refractivity contribution >= 4 is 22.9 Å². The van der Waals surface area contributed by atoms with Gasteiger partial charge >= 0.3 is 5.97 Å². The maximum absolute atomic E-state index is 12.3. The number of esters is 1. The van der Waals surface area contributed by atoms with E-state index in [1.807, 2.05) is 13.8 Å². The van der Waals surface area contributed by atoms with Gasteiger partial charge in [-0.25, -0.2) is 14.8 Å². The summed E-state index contributed by atoms with van der Waals surface area (Å²) in [6.45, 7) is 5.49. The summed E-state index contributed by atoms with van der Waals surface area (Å²) < 4.78 is 10.4. The zero-order valence-electron chi connectivity index (χ0n) is 14.8. The Morgan fingerprint density at radius 2 is 1.88 bits per heavy atom. The first-order valence-electron chi connectivity index (χ1n) is 8.20. The van der Waals surface area contributed by atoms with Gasteiger partial charge in [-0.2, -0.15) is 0 Å². The zero-order valence-corrected chi connectivity index (χ0v) is 14.8. The molecule has 0 aliphatic heterocycles. The molecule has 0 saturated heterocycles. The van der Waals surface area contributed by atoms with Crippen molar-refractivity contribution in [1.29, 1.82) is 0 Å². The maximum Gasteiger partial charge on any atom is 0.338 e. The Labute approximate surface area is 150 Å². The molecular weight excluding hydrogens is 334 g/mol. The van der Waals surface area contributed by atoms with Gasteiger partial charge in [0.25, 0.3) is 5.91 Å². The van der Waals surface area contributed by atoms with E-state index in [2.05, 4.69) is 15.3 Å². The summed E-state index contributed by atoms with van der Waals surface area (Å²) in [5.74, 6) is -0.370. The van der Waals surface area contributed by atoms with Crippen LogP contribution in [0.2, 0.25) is 0 Å². The lowest BCUT2D eigenvalue weighted by Gasteiger charge is -2.13. The molecule has 26 heavy (non-hydrogen) atoms. The number of benzene rings is 1. The van der Waals surface area contributed by atoms with E-state index in [1.54, 1.807) is 30.3 Å². The number of amides is 1. The van der Waals surface area contributed by atoms with Crippen molar-refractivity contribution in [3.63, 3.8) is 0 Å². The summed E-state index contributed by atoms with van der Waals surface area (Å²) in [7, 11) is 0. The summed E-state index contributed by atoms with van der Waals surface area (Å²) in [6.07, 6.45) is 0.593. The van der Waals surface area contributed by atoms with Gasteiger partial charge in [0.2, 0.25) is 0 Å². The predicted molar refractivity (Wildman–Crippen MR) is 94.4 cm³/mol. The molecule has 134 valence electrons. The van der Waals surface area contributed by atoms with E-state index in [1.165, 1.54) is 13.2 Å². The molecule has 1 amide bonds. The SMILES string of the molecule is Cc1nc2ccc(C(=O)OC(C)C(=O)NCc3ccco3)cc2nc1C. The molecule has 0 aliphatic rings. The molecule has 7 nitrogen and oxygen atoms in total. The molecule has 0 saturated carbocycles. The van der Waals surface area contributed by atoms with Crippen molar-refractivity contribution < 1.29 is 18.7 Å². The van der Waals surface area contributed by atoms with Crippen LogP contribution in [0.1, 0.15) is 34.4 Å². The highest BCUT2D eigenvalue weighted by Gasteiger charge is 2.19. The minimum Gasteiger partial charge on any atom is -0.467 e. The fourth-order valence-corrected chi connectivity index (χ4v) is 2.37. The van der Waals surface area contributed by atoms with Gasteiger partial charge in [0.05, 0.1) is 40.8 Å². The number of hydrogen-bond acceptors (Lipinski definition) is 6. The van der Waals surface area contributed by atoms with Gasteiger partial charge in [0, 0.05) is 0 Å². The first-order valence-corrected chi connectivity index (χ1v) is 8.20. The molecule has 0 spiro atoms. The Kier molecular flexibility index (Phi) is 4.97. The molecule has 7 heteroatoms. The van der Waals surface area contributed by atoms with Gasteiger partial charge in [0.15, 0.2) is 6.10 Å². The largest absolute Gasteiger partial charge is 0.467 e. The molecular formula is C19H19N3O4. The average Bonchev–Trinajstić information content (AvgIpc) is 3.13. The van der Waals surface area contributed by atoms with Crippen LogP contribution in [0.4, 0.5) is 0 Å². The topological polar surface area (TPSA) is 94.3 Å². The highest BCUT2D eigenvalue weighted by Crippen LogP contribution is 2.15. The van der Waals surface area contributed by atoms with Crippen LogP contribution in [0.5, 0.6) is 0 Å². The fraction of sp³-hybridized carbons (Fsp3) is 0.263. The molecule has 3 rings (SSSR count). The van der Waals surface area contributed by atoms with E-state index < -0.39 is 18.0 Å². The monoisotopic (exact) mass is 353 g/mol. The van der Waals surface area contributed by atoms with Crippen molar-refractivity contribution in [2.24, 2.45) is 0 Å². The molecule has 2 heterocycles. The van der Waals surface area contributed by atoms with Crippen molar-refractivity contribution in [3.05, 3.63) is 59.3 Å². The fourth-order valence-electron chi connectivity index (χ4n) is 2.37. The van der Waals surface area contributed by atoms with Crippen molar-refractivity contribution in [3.8, 4) is 0 Å².